The molecule has 2 nitrogen and oxygen atoms in total. The number of nitrogens with one attached hydrogen (secondary N) is 1. The number of hydrogen-bond acceptors (Lipinski definition) is 2. The zero-order valence-corrected chi connectivity index (χ0v) is 10.1. The van der Waals surface area contributed by atoms with Crippen LogP contribution in [-0.4, -0.2) is 37.6 Å². The molecule has 1 rings (SSSR count). The van der Waals surface area contributed by atoms with Crippen molar-refractivity contribution < 1.29 is 0 Å². The van der Waals surface area contributed by atoms with E-state index in [-0.39, 0.29) is 0 Å². The van der Waals surface area contributed by atoms with Crippen molar-refractivity contribution in [3.8, 4) is 0 Å². The summed E-state index contributed by atoms with van der Waals surface area (Å²) in [6.45, 7) is 8.10. The molecule has 0 saturated heterocycles. The van der Waals surface area contributed by atoms with Crippen LogP contribution in [0, 0.1) is 5.92 Å². The van der Waals surface area contributed by atoms with E-state index in [9.17, 15) is 0 Å². The highest BCUT2D eigenvalue weighted by Crippen LogP contribution is 2.34. The van der Waals surface area contributed by atoms with Gasteiger partial charge in [-0.15, -0.1) is 0 Å². The van der Waals surface area contributed by atoms with Crippen molar-refractivity contribution in [2.75, 3.05) is 26.7 Å². The van der Waals surface area contributed by atoms with Gasteiger partial charge in [-0.05, 0) is 65.2 Å². The minimum Gasteiger partial charge on any atom is -0.317 e. The molecular weight excluding hydrogens is 172 g/mol. The van der Waals surface area contributed by atoms with Gasteiger partial charge in [0.1, 0.15) is 0 Å². The fourth-order valence-electron chi connectivity index (χ4n) is 1.93. The van der Waals surface area contributed by atoms with Crippen LogP contribution in [0.5, 0.6) is 0 Å². The fraction of sp³-hybridized carbons (Fsp3) is 1.00. The van der Waals surface area contributed by atoms with Crippen LogP contribution in [0.25, 0.3) is 0 Å². The lowest BCUT2D eigenvalue weighted by Crippen LogP contribution is -2.32. The summed E-state index contributed by atoms with van der Waals surface area (Å²) in [6, 6.07) is 0.814. The molecule has 1 N–H and O–H groups in total. The molecule has 0 aliphatic heterocycles. The first kappa shape index (κ1) is 12.0. The lowest BCUT2D eigenvalue weighted by molar-refractivity contribution is 0.230. The summed E-state index contributed by atoms with van der Waals surface area (Å²) >= 11 is 0. The van der Waals surface area contributed by atoms with E-state index in [2.05, 4.69) is 31.1 Å². The maximum atomic E-state index is 3.37. The van der Waals surface area contributed by atoms with Crippen molar-refractivity contribution in [3.05, 3.63) is 0 Å². The second kappa shape index (κ2) is 6.41. The Kier molecular flexibility index (Phi) is 5.49. The Morgan fingerprint density at radius 2 is 2.07 bits per heavy atom. The van der Waals surface area contributed by atoms with Crippen LogP contribution in [-0.2, 0) is 0 Å². The first-order chi connectivity index (χ1) is 6.75. The normalized spacial score (nSPS) is 18.9. The number of hydrogen-bond donors (Lipinski definition) is 1. The molecular formula is C12H26N2. The van der Waals surface area contributed by atoms with Gasteiger partial charge in [0.15, 0.2) is 0 Å². The largest absolute Gasteiger partial charge is 0.317 e. The minimum atomic E-state index is 0.814. The number of nitrogens with zero attached hydrogens (tertiary/aromatic N) is 1. The molecule has 1 unspecified atom stereocenters. The minimum absolute atomic E-state index is 0.814. The topological polar surface area (TPSA) is 15.3 Å². The highest BCUT2D eigenvalue weighted by molar-refractivity contribution is 4.83. The van der Waals surface area contributed by atoms with E-state index >= 15 is 0 Å². The average molecular weight is 198 g/mol. The summed E-state index contributed by atoms with van der Waals surface area (Å²) in [5, 5.41) is 3.37. The van der Waals surface area contributed by atoms with Crippen LogP contribution < -0.4 is 5.32 Å². The van der Waals surface area contributed by atoms with E-state index in [0.29, 0.717) is 0 Å². The highest BCUT2D eigenvalue weighted by Gasteiger charge is 2.29. The van der Waals surface area contributed by atoms with E-state index in [0.717, 1.165) is 18.5 Å². The monoisotopic (exact) mass is 198 g/mol. The van der Waals surface area contributed by atoms with Gasteiger partial charge in [0.05, 0.1) is 0 Å². The smallest absolute Gasteiger partial charge is 0.00921 e. The van der Waals surface area contributed by atoms with Crippen molar-refractivity contribution >= 4 is 0 Å². The van der Waals surface area contributed by atoms with Crippen LogP contribution in [0.2, 0.25) is 0 Å². The second-order valence-electron chi connectivity index (χ2n) is 4.62. The first-order valence-corrected chi connectivity index (χ1v) is 6.16. The zero-order chi connectivity index (χ0) is 10.4. The maximum Gasteiger partial charge on any atom is 0.00921 e. The summed E-state index contributed by atoms with van der Waals surface area (Å²) in [5.41, 5.74) is 0. The maximum absolute atomic E-state index is 3.37. The number of rotatable bonds is 8. The molecule has 0 spiro atoms. The van der Waals surface area contributed by atoms with E-state index in [1.165, 1.54) is 38.8 Å². The molecule has 0 aromatic heterocycles. The summed E-state index contributed by atoms with van der Waals surface area (Å²) in [5.74, 6) is 1.01. The third-order valence-corrected chi connectivity index (χ3v) is 3.36. The third kappa shape index (κ3) is 4.43. The van der Waals surface area contributed by atoms with Gasteiger partial charge in [-0.3, -0.25) is 0 Å². The van der Waals surface area contributed by atoms with Crippen LogP contribution in [0.15, 0.2) is 0 Å². The Morgan fingerprint density at radius 1 is 1.36 bits per heavy atom. The predicted molar refractivity (Wildman–Crippen MR) is 62.6 cm³/mol. The van der Waals surface area contributed by atoms with Crippen LogP contribution in [0.4, 0.5) is 0 Å². The molecule has 1 aliphatic carbocycles. The van der Waals surface area contributed by atoms with Crippen molar-refractivity contribution in [3.63, 3.8) is 0 Å². The standard InChI is InChI=1S/C12H26N2/c1-4-13-9-5-6-10-14(3)11(2)12-7-8-12/h11-13H,4-10H2,1-3H3. The Morgan fingerprint density at radius 3 is 2.64 bits per heavy atom. The second-order valence-corrected chi connectivity index (χ2v) is 4.62. The molecule has 84 valence electrons. The fourth-order valence-corrected chi connectivity index (χ4v) is 1.93. The molecule has 0 aromatic rings. The molecule has 0 radical (unpaired) electrons. The Hall–Kier alpha value is -0.0800. The SMILES string of the molecule is CCNCCCCN(C)C(C)C1CC1. The molecule has 1 fully saturated rings. The molecule has 14 heavy (non-hydrogen) atoms. The van der Waals surface area contributed by atoms with Gasteiger partial charge < -0.3 is 10.2 Å². The molecule has 0 amide bonds. The molecule has 1 aliphatic rings. The molecule has 0 heterocycles. The lowest BCUT2D eigenvalue weighted by Gasteiger charge is -2.24. The Balaban J connectivity index is 1.94. The van der Waals surface area contributed by atoms with Crippen molar-refractivity contribution in [2.45, 2.75) is 45.6 Å². The third-order valence-electron chi connectivity index (χ3n) is 3.36. The number of unbranched alkanes of at least 4 members (excludes halogenated alkanes) is 1. The van der Waals surface area contributed by atoms with Crippen LogP contribution in [0.3, 0.4) is 0 Å². The van der Waals surface area contributed by atoms with Crippen molar-refractivity contribution in [1.29, 1.82) is 0 Å². The average Bonchev–Trinajstić information content (AvgIpc) is 2.99. The van der Waals surface area contributed by atoms with Gasteiger partial charge in [-0.25, -0.2) is 0 Å². The first-order valence-electron chi connectivity index (χ1n) is 6.16. The van der Waals surface area contributed by atoms with Crippen LogP contribution >= 0.6 is 0 Å². The molecule has 1 atom stereocenters. The van der Waals surface area contributed by atoms with Crippen molar-refractivity contribution in [2.24, 2.45) is 5.92 Å². The van der Waals surface area contributed by atoms with Gasteiger partial charge in [0, 0.05) is 6.04 Å². The molecule has 0 bridgehead atoms. The Bertz CT molecular complexity index is 143. The van der Waals surface area contributed by atoms with Gasteiger partial charge >= 0.3 is 0 Å². The van der Waals surface area contributed by atoms with Gasteiger partial charge in [-0.1, -0.05) is 6.92 Å². The quantitative estimate of drug-likeness (QED) is 0.601. The lowest BCUT2D eigenvalue weighted by atomic mass is 10.2. The summed E-state index contributed by atoms with van der Waals surface area (Å²) < 4.78 is 0. The summed E-state index contributed by atoms with van der Waals surface area (Å²) in [7, 11) is 2.27. The molecule has 2 heteroatoms. The van der Waals surface area contributed by atoms with E-state index in [1.807, 2.05) is 0 Å². The summed E-state index contributed by atoms with van der Waals surface area (Å²) in [4.78, 5) is 2.53. The molecule has 0 aromatic carbocycles. The summed E-state index contributed by atoms with van der Waals surface area (Å²) in [6.07, 6.45) is 5.57. The Labute approximate surface area is 89.1 Å². The van der Waals surface area contributed by atoms with E-state index < -0.39 is 0 Å². The van der Waals surface area contributed by atoms with Gasteiger partial charge in [0.25, 0.3) is 0 Å². The molecule has 1 saturated carbocycles. The highest BCUT2D eigenvalue weighted by atomic mass is 15.1. The zero-order valence-electron chi connectivity index (χ0n) is 10.1. The predicted octanol–water partition coefficient (Wildman–Crippen LogP) is 2.11. The van der Waals surface area contributed by atoms with Crippen LogP contribution in [0.1, 0.15) is 39.5 Å². The van der Waals surface area contributed by atoms with Gasteiger partial charge in [-0.2, -0.15) is 0 Å². The van der Waals surface area contributed by atoms with Gasteiger partial charge in [0.2, 0.25) is 0 Å². The van der Waals surface area contributed by atoms with E-state index in [4.69, 9.17) is 0 Å². The van der Waals surface area contributed by atoms with E-state index in [1.54, 1.807) is 0 Å². The van der Waals surface area contributed by atoms with Crippen molar-refractivity contribution in [1.82, 2.24) is 10.2 Å².